The highest BCUT2D eigenvalue weighted by Crippen LogP contribution is 2.42. The average molecular weight is 559 g/mol. The van der Waals surface area contributed by atoms with Gasteiger partial charge in [-0.15, -0.1) is 0 Å². The third-order valence-corrected chi connectivity index (χ3v) is 7.15. The molecule has 2 aromatic carbocycles. The van der Waals surface area contributed by atoms with Crippen molar-refractivity contribution in [2.45, 2.75) is 46.1 Å². The first-order chi connectivity index (χ1) is 17.8. The first kappa shape index (κ1) is 28.9. The number of allylic oxidation sites excluding steroid dienone is 2. The maximum absolute atomic E-state index is 13.2. The van der Waals surface area contributed by atoms with Crippen LogP contribution < -0.4 is 10.6 Å². The largest absolute Gasteiger partial charge is 0.480 e. The van der Waals surface area contributed by atoms with Gasteiger partial charge in [0.05, 0.1) is 15.6 Å². The Labute approximate surface area is 230 Å². The van der Waals surface area contributed by atoms with Crippen LogP contribution in [0.2, 0.25) is 10.0 Å². The standard InChI is InChI=1S/C28H28Cl2N2O6/c1-15-17(14-22(33)34)11-12-28(2,3)24(15)26(36)32-21(27(37)38)13-16-7-9-18(10-8-16)31-25(35)23-19(29)5-4-6-20(23)30/h4-10,14,21H,11-13H2,1-3H3,(H,31,35)(H,32,36)(H,33,34)(H,37,38)/b17-14+/t21-/m0/s1. The quantitative estimate of drug-likeness (QED) is 0.316. The van der Waals surface area contributed by atoms with E-state index >= 15 is 0 Å². The van der Waals surface area contributed by atoms with Crippen LogP contribution in [0.15, 0.2) is 65.3 Å². The molecular formula is C28H28Cl2N2O6. The van der Waals surface area contributed by atoms with Crippen LogP contribution in [-0.4, -0.2) is 40.0 Å². The molecule has 3 rings (SSSR count). The van der Waals surface area contributed by atoms with E-state index in [-0.39, 0.29) is 22.0 Å². The molecule has 2 aromatic rings. The molecular weight excluding hydrogens is 531 g/mol. The summed E-state index contributed by atoms with van der Waals surface area (Å²) in [4.78, 5) is 49.0. The van der Waals surface area contributed by atoms with Crippen LogP contribution in [0.4, 0.5) is 5.69 Å². The van der Waals surface area contributed by atoms with Crippen molar-refractivity contribution < 1.29 is 29.4 Å². The van der Waals surface area contributed by atoms with Crippen molar-refractivity contribution in [1.29, 1.82) is 0 Å². The summed E-state index contributed by atoms with van der Waals surface area (Å²) in [5.74, 6) is -3.34. The van der Waals surface area contributed by atoms with E-state index in [0.29, 0.717) is 40.8 Å². The molecule has 0 heterocycles. The maximum Gasteiger partial charge on any atom is 0.328 e. The molecule has 4 N–H and O–H groups in total. The van der Waals surface area contributed by atoms with Gasteiger partial charge in [-0.3, -0.25) is 9.59 Å². The first-order valence-corrected chi connectivity index (χ1v) is 12.6. The number of halogens is 2. The van der Waals surface area contributed by atoms with Gasteiger partial charge in [0.1, 0.15) is 6.04 Å². The molecule has 200 valence electrons. The zero-order valence-corrected chi connectivity index (χ0v) is 22.6. The second-order valence-electron chi connectivity index (χ2n) is 9.71. The molecule has 0 aromatic heterocycles. The number of amides is 2. The molecule has 0 unspecified atom stereocenters. The normalized spacial score (nSPS) is 16.6. The number of hydrogen-bond acceptors (Lipinski definition) is 4. The van der Waals surface area contributed by atoms with E-state index in [1.165, 1.54) is 0 Å². The Morgan fingerprint density at radius 1 is 1.00 bits per heavy atom. The van der Waals surface area contributed by atoms with Crippen molar-refractivity contribution in [3.05, 3.63) is 86.4 Å². The van der Waals surface area contributed by atoms with E-state index < -0.39 is 35.2 Å². The van der Waals surface area contributed by atoms with Crippen molar-refractivity contribution in [3.8, 4) is 0 Å². The van der Waals surface area contributed by atoms with Crippen LogP contribution in [-0.2, 0) is 20.8 Å². The third-order valence-electron chi connectivity index (χ3n) is 6.52. The molecule has 0 spiro atoms. The van der Waals surface area contributed by atoms with E-state index in [4.69, 9.17) is 28.3 Å². The van der Waals surface area contributed by atoms with Crippen molar-refractivity contribution in [1.82, 2.24) is 5.32 Å². The van der Waals surface area contributed by atoms with Gasteiger partial charge in [-0.25, -0.2) is 9.59 Å². The second-order valence-corrected chi connectivity index (χ2v) is 10.5. The monoisotopic (exact) mass is 558 g/mol. The lowest BCUT2D eigenvalue weighted by Gasteiger charge is -2.35. The van der Waals surface area contributed by atoms with Gasteiger partial charge < -0.3 is 20.8 Å². The SMILES string of the molecule is CC1=C(C(=O)N[C@@H](Cc2ccc(NC(=O)c3c(Cl)cccc3Cl)cc2)C(=O)O)C(C)(C)CC/C1=C\C(=O)O. The molecule has 0 saturated heterocycles. The van der Waals surface area contributed by atoms with Gasteiger partial charge in [0, 0.05) is 23.8 Å². The molecule has 0 bridgehead atoms. The van der Waals surface area contributed by atoms with Gasteiger partial charge in [-0.05, 0) is 66.2 Å². The number of rotatable bonds is 8. The Morgan fingerprint density at radius 3 is 2.16 bits per heavy atom. The minimum atomic E-state index is -1.23. The van der Waals surface area contributed by atoms with Crippen molar-refractivity contribution in [3.63, 3.8) is 0 Å². The lowest BCUT2D eigenvalue weighted by Crippen LogP contribution is -2.45. The Morgan fingerprint density at radius 2 is 1.61 bits per heavy atom. The molecule has 10 heteroatoms. The molecule has 0 saturated carbocycles. The molecule has 0 radical (unpaired) electrons. The summed E-state index contributed by atoms with van der Waals surface area (Å²) >= 11 is 12.2. The lowest BCUT2D eigenvalue weighted by molar-refractivity contribution is -0.141. The fourth-order valence-electron chi connectivity index (χ4n) is 4.53. The van der Waals surface area contributed by atoms with Crippen LogP contribution in [0, 0.1) is 5.41 Å². The van der Waals surface area contributed by atoms with Crippen LogP contribution in [0.1, 0.15) is 49.5 Å². The molecule has 1 atom stereocenters. The number of carboxylic acid groups (broad SMARTS) is 2. The van der Waals surface area contributed by atoms with Gasteiger partial charge in [0.2, 0.25) is 5.91 Å². The lowest BCUT2D eigenvalue weighted by atomic mass is 9.70. The first-order valence-electron chi connectivity index (χ1n) is 11.8. The number of anilines is 1. The molecule has 2 amide bonds. The van der Waals surface area contributed by atoms with E-state index in [9.17, 15) is 24.3 Å². The Hall–Kier alpha value is -3.62. The maximum atomic E-state index is 13.2. The second kappa shape index (κ2) is 11.8. The smallest absolute Gasteiger partial charge is 0.328 e. The number of benzene rings is 2. The van der Waals surface area contributed by atoms with Gasteiger partial charge in [-0.2, -0.15) is 0 Å². The van der Waals surface area contributed by atoms with Crippen LogP contribution in [0.3, 0.4) is 0 Å². The molecule has 1 aliphatic rings. The summed E-state index contributed by atoms with van der Waals surface area (Å²) in [7, 11) is 0. The predicted octanol–water partition coefficient (Wildman–Crippen LogP) is 5.51. The van der Waals surface area contributed by atoms with Crippen molar-refractivity contribution in [2.24, 2.45) is 5.41 Å². The summed E-state index contributed by atoms with van der Waals surface area (Å²) in [6, 6.07) is 10.0. The Kier molecular flexibility index (Phi) is 9.01. The average Bonchev–Trinajstić information content (AvgIpc) is 2.81. The van der Waals surface area contributed by atoms with Gasteiger partial charge in [0.15, 0.2) is 0 Å². The van der Waals surface area contributed by atoms with Gasteiger partial charge in [-0.1, -0.05) is 55.2 Å². The topological polar surface area (TPSA) is 133 Å². The molecule has 38 heavy (non-hydrogen) atoms. The molecule has 8 nitrogen and oxygen atoms in total. The highest BCUT2D eigenvalue weighted by Gasteiger charge is 2.36. The number of carbonyl (C=O) groups excluding carboxylic acids is 2. The summed E-state index contributed by atoms with van der Waals surface area (Å²) in [5.41, 5.74) is 2.12. The Bertz CT molecular complexity index is 1330. The highest BCUT2D eigenvalue weighted by molar-refractivity contribution is 6.40. The number of carboxylic acids is 2. The van der Waals surface area contributed by atoms with Crippen molar-refractivity contribution in [2.75, 3.05) is 5.32 Å². The van der Waals surface area contributed by atoms with Crippen LogP contribution in [0.5, 0.6) is 0 Å². The summed E-state index contributed by atoms with van der Waals surface area (Å²) in [6.45, 7) is 5.44. The van der Waals surface area contributed by atoms with Crippen LogP contribution >= 0.6 is 23.2 Å². The summed E-state index contributed by atoms with van der Waals surface area (Å²) < 4.78 is 0. The Balaban J connectivity index is 1.75. The number of aliphatic carboxylic acids is 2. The van der Waals surface area contributed by atoms with Gasteiger partial charge >= 0.3 is 11.9 Å². The number of hydrogen-bond donors (Lipinski definition) is 4. The van der Waals surface area contributed by atoms with Gasteiger partial charge in [0.25, 0.3) is 5.91 Å². The number of carbonyl (C=O) groups is 4. The molecule has 1 aliphatic carbocycles. The minimum absolute atomic E-state index is 0.00375. The summed E-state index contributed by atoms with van der Waals surface area (Å²) in [6.07, 6.45) is 2.15. The van der Waals surface area contributed by atoms with E-state index in [2.05, 4.69) is 10.6 Å². The fourth-order valence-corrected chi connectivity index (χ4v) is 5.10. The summed E-state index contributed by atoms with van der Waals surface area (Å²) in [5, 5.41) is 24.7. The highest BCUT2D eigenvalue weighted by atomic mass is 35.5. The van der Waals surface area contributed by atoms with E-state index in [0.717, 1.165) is 6.08 Å². The fraction of sp³-hybridized carbons (Fsp3) is 0.286. The zero-order valence-electron chi connectivity index (χ0n) is 21.1. The molecule has 0 aliphatic heterocycles. The third kappa shape index (κ3) is 6.82. The van der Waals surface area contributed by atoms with Crippen molar-refractivity contribution >= 4 is 52.6 Å². The zero-order chi connectivity index (χ0) is 28.2. The van der Waals surface area contributed by atoms with E-state index in [1.54, 1.807) is 49.4 Å². The minimum Gasteiger partial charge on any atom is -0.480 e. The number of nitrogens with one attached hydrogen (secondary N) is 2. The predicted molar refractivity (Wildman–Crippen MR) is 146 cm³/mol. The van der Waals surface area contributed by atoms with Crippen LogP contribution in [0.25, 0.3) is 0 Å². The van der Waals surface area contributed by atoms with E-state index in [1.807, 2.05) is 13.8 Å². The molecule has 0 fully saturated rings.